The number of ether oxygens (including phenoxy) is 2. The van der Waals surface area contributed by atoms with E-state index in [1.165, 1.54) is 0 Å². The average molecular weight is 371 g/mol. The molecule has 1 saturated heterocycles. The van der Waals surface area contributed by atoms with Gasteiger partial charge in [-0.25, -0.2) is 4.79 Å². The first kappa shape index (κ1) is 22.4. The normalized spacial score (nSPS) is 17.4. The molecule has 26 heavy (non-hydrogen) atoms. The Kier molecular flexibility index (Phi) is 8.06. The first-order valence-electron chi connectivity index (χ1n) is 9.26. The maximum Gasteiger partial charge on any atom is 0.408 e. The average Bonchev–Trinajstić information content (AvgIpc) is 2.49. The summed E-state index contributed by atoms with van der Waals surface area (Å²) in [6, 6.07) is 0. The molecule has 0 aliphatic carbocycles. The van der Waals surface area contributed by atoms with Crippen LogP contribution in [0.5, 0.6) is 0 Å². The second kappa shape index (κ2) is 9.35. The van der Waals surface area contributed by atoms with Gasteiger partial charge in [0.2, 0.25) is 0 Å². The van der Waals surface area contributed by atoms with Gasteiger partial charge in [0.05, 0.1) is 11.5 Å². The zero-order chi connectivity index (χ0) is 20.0. The number of amides is 1. The molecule has 0 aromatic rings. The zero-order valence-electron chi connectivity index (χ0n) is 16.6. The maximum absolute atomic E-state index is 12.6. The van der Waals surface area contributed by atoms with Crippen molar-refractivity contribution in [3.63, 3.8) is 0 Å². The van der Waals surface area contributed by atoms with Gasteiger partial charge in [-0.2, -0.15) is 0 Å². The Morgan fingerprint density at radius 2 is 1.73 bits per heavy atom. The van der Waals surface area contributed by atoms with Gasteiger partial charge in [-0.05, 0) is 66.2 Å². The van der Waals surface area contributed by atoms with Gasteiger partial charge in [0.25, 0.3) is 0 Å². The minimum Gasteiger partial charge on any atom is -0.481 e. The Bertz CT molecular complexity index is 503. The summed E-state index contributed by atoms with van der Waals surface area (Å²) in [5, 5.41) is 12.0. The van der Waals surface area contributed by atoms with Gasteiger partial charge in [-0.15, -0.1) is 0 Å². The second-order valence-electron chi connectivity index (χ2n) is 8.55. The number of ketones is 1. The van der Waals surface area contributed by atoms with E-state index < -0.39 is 29.1 Å². The Morgan fingerprint density at radius 3 is 2.23 bits per heavy atom. The topological polar surface area (TPSA) is 102 Å². The SMILES string of the molecule is CC(C)(C)OC(=O)NC(C)(C)C(=O)CC(CCC1CCOCC1)C(=O)O. The highest BCUT2D eigenvalue weighted by atomic mass is 16.6. The highest BCUT2D eigenvalue weighted by Gasteiger charge is 2.34. The molecule has 7 nitrogen and oxygen atoms in total. The molecule has 0 spiro atoms. The molecule has 0 bridgehead atoms. The highest BCUT2D eigenvalue weighted by molar-refractivity contribution is 5.93. The first-order chi connectivity index (χ1) is 11.9. The molecule has 1 heterocycles. The predicted molar refractivity (Wildman–Crippen MR) is 97.0 cm³/mol. The highest BCUT2D eigenvalue weighted by Crippen LogP contribution is 2.25. The molecule has 1 fully saturated rings. The van der Waals surface area contributed by atoms with Crippen molar-refractivity contribution >= 4 is 17.8 Å². The van der Waals surface area contributed by atoms with Crippen LogP contribution < -0.4 is 5.32 Å². The van der Waals surface area contributed by atoms with Crippen molar-refractivity contribution in [2.45, 2.75) is 77.9 Å². The molecule has 0 aromatic heterocycles. The van der Waals surface area contributed by atoms with Crippen LogP contribution in [0.2, 0.25) is 0 Å². The molecule has 0 aromatic carbocycles. The number of nitrogens with one attached hydrogen (secondary N) is 1. The monoisotopic (exact) mass is 371 g/mol. The largest absolute Gasteiger partial charge is 0.481 e. The van der Waals surface area contributed by atoms with E-state index in [-0.39, 0.29) is 12.2 Å². The molecule has 1 amide bonds. The molecule has 7 heteroatoms. The lowest BCUT2D eigenvalue weighted by Crippen LogP contribution is -2.51. The molecule has 2 N–H and O–H groups in total. The van der Waals surface area contributed by atoms with Crippen molar-refractivity contribution < 1.29 is 29.0 Å². The van der Waals surface area contributed by atoms with Crippen molar-refractivity contribution in [3.8, 4) is 0 Å². The number of hydrogen-bond acceptors (Lipinski definition) is 5. The summed E-state index contributed by atoms with van der Waals surface area (Å²) in [6.45, 7) is 9.77. The third kappa shape index (κ3) is 8.17. The van der Waals surface area contributed by atoms with Crippen LogP contribution in [0, 0.1) is 11.8 Å². The van der Waals surface area contributed by atoms with Gasteiger partial charge < -0.3 is 19.9 Å². The summed E-state index contributed by atoms with van der Waals surface area (Å²) >= 11 is 0. The molecule has 1 rings (SSSR count). The number of alkyl carbamates (subject to hydrolysis) is 1. The minimum absolute atomic E-state index is 0.110. The number of carbonyl (C=O) groups excluding carboxylic acids is 2. The molecule has 1 aliphatic rings. The van der Waals surface area contributed by atoms with Crippen LogP contribution >= 0.6 is 0 Å². The van der Waals surface area contributed by atoms with Crippen molar-refractivity contribution in [1.29, 1.82) is 0 Å². The molecular weight excluding hydrogens is 338 g/mol. The number of carbonyl (C=O) groups is 3. The third-order valence-corrected chi connectivity index (χ3v) is 4.56. The first-order valence-corrected chi connectivity index (χ1v) is 9.26. The quantitative estimate of drug-likeness (QED) is 0.679. The zero-order valence-corrected chi connectivity index (χ0v) is 16.6. The summed E-state index contributed by atoms with van der Waals surface area (Å²) in [4.78, 5) is 36.1. The van der Waals surface area contributed by atoms with Crippen LogP contribution in [0.1, 0.15) is 66.7 Å². The van der Waals surface area contributed by atoms with Crippen LogP contribution in [-0.2, 0) is 19.1 Å². The van der Waals surface area contributed by atoms with Crippen LogP contribution in [-0.4, -0.2) is 47.3 Å². The molecule has 1 atom stereocenters. The Balaban J connectivity index is 2.58. The summed E-state index contributed by atoms with van der Waals surface area (Å²) in [5.74, 6) is -1.58. The smallest absolute Gasteiger partial charge is 0.408 e. The summed E-state index contributed by atoms with van der Waals surface area (Å²) < 4.78 is 10.5. The molecule has 0 saturated carbocycles. The van der Waals surface area contributed by atoms with E-state index >= 15 is 0 Å². The van der Waals surface area contributed by atoms with E-state index in [4.69, 9.17) is 9.47 Å². The van der Waals surface area contributed by atoms with E-state index in [9.17, 15) is 19.5 Å². The molecule has 1 aliphatic heterocycles. The Hall–Kier alpha value is -1.63. The van der Waals surface area contributed by atoms with Crippen LogP contribution in [0.3, 0.4) is 0 Å². The summed E-state index contributed by atoms with van der Waals surface area (Å²) in [5.41, 5.74) is -1.86. The number of hydrogen-bond donors (Lipinski definition) is 2. The number of carboxylic acid groups (broad SMARTS) is 1. The molecule has 1 unspecified atom stereocenters. The molecule has 0 radical (unpaired) electrons. The van der Waals surface area contributed by atoms with Gasteiger partial charge in [-0.1, -0.05) is 0 Å². The Labute approximate surface area is 155 Å². The fraction of sp³-hybridized carbons (Fsp3) is 0.842. The number of aliphatic carboxylic acids is 1. The van der Waals surface area contributed by atoms with Crippen LogP contribution in [0.15, 0.2) is 0 Å². The fourth-order valence-corrected chi connectivity index (χ4v) is 2.89. The third-order valence-electron chi connectivity index (χ3n) is 4.56. The fourth-order valence-electron chi connectivity index (χ4n) is 2.89. The van der Waals surface area contributed by atoms with Crippen molar-refractivity contribution in [2.75, 3.05) is 13.2 Å². The minimum atomic E-state index is -1.19. The molecular formula is C19H33NO6. The number of rotatable bonds is 8. The van der Waals surface area contributed by atoms with E-state index in [2.05, 4.69) is 5.32 Å². The van der Waals surface area contributed by atoms with Gasteiger partial charge in [0.1, 0.15) is 5.60 Å². The summed E-state index contributed by atoms with van der Waals surface area (Å²) in [7, 11) is 0. The standard InChI is InChI=1S/C19H33NO6/c1-18(2,3)26-17(24)20-19(4,5)15(21)12-14(16(22)23)7-6-13-8-10-25-11-9-13/h13-14H,6-12H2,1-5H3,(H,20,24)(H,22,23). The van der Waals surface area contributed by atoms with Gasteiger partial charge >= 0.3 is 12.1 Å². The lowest BCUT2D eigenvalue weighted by Gasteiger charge is -2.29. The van der Waals surface area contributed by atoms with Crippen molar-refractivity contribution in [3.05, 3.63) is 0 Å². The van der Waals surface area contributed by atoms with E-state index in [1.807, 2.05) is 0 Å². The van der Waals surface area contributed by atoms with Gasteiger partial charge in [0, 0.05) is 19.6 Å². The van der Waals surface area contributed by atoms with Gasteiger partial charge in [-0.3, -0.25) is 9.59 Å². The van der Waals surface area contributed by atoms with Crippen LogP contribution in [0.25, 0.3) is 0 Å². The lowest BCUT2D eigenvalue weighted by atomic mass is 9.85. The van der Waals surface area contributed by atoms with Gasteiger partial charge in [0.15, 0.2) is 5.78 Å². The lowest BCUT2D eigenvalue weighted by molar-refractivity contribution is -0.144. The van der Waals surface area contributed by atoms with E-state index in [0.29, 0.717) is 25.6 Å². The Morgan fingerprint density at radius 1 is 1.15 bits per heavy atom. The van der Waals surface area contributed by atoms with Crippen LogP contribution in [0.4, 0.5) is 4.79 Å². The van der Waals surface area contributed by atoms with Crippen molar-refractivity contribution in [1.82, 2.24) is 5.32 Å². The maximum atomic E-state index is 12.6. The molecule has 150 valence electrons. The summed E-state index contributed by atoms with van der Waals surface area (Å²) in [6.07, 6.45) is 2.30. The van der Waals surface area contributed by atoms with E-state index in [1.54, 1.807) is 34.6 Å². The second-order valence-corrected chi connectivity index (χ2v) is 8.55. The predicted octanol–water partition coefficient (Wildman–Crippen LogP) is 3.16. The van der Waals surface area contributed by atoms with E-state index in [0.717, 1.165) is 19.3 Å². The number of Topliss-reactive ketones (excluding diaryl/α,β-unsaturated/α-hetero) is 1. The number of carboxylic acids is 1. The van der Waals surface area contributed by atoms with Crippen molar-refractivity contribution in [2.24, 2.45) is 11.8 Å².